The number of hydrogen-bond donors (Lipinski definition) is 3. The summed E-state index contributed by atoms with van der Waals surface area (Å²) < 4.78 is 0. The lowest BCUT2D eigenvalue weighted by atomic mass is 10.3. The molecule has 0 saturated heterocycles. The van der Waals surface area contributed by atoms with Gasteiger partial charge in [0.2, 0.25) is 5.91 Å². The van der Waals surface area contributed by atoms with Crippen LogP contribution in [-0.2, 0) is 4.79 Å². The number of nitrogens with one attached hydrogen (secondary N) is 2. The predicted molar refractivity (Wildman–Crippen MR) is 80.4 cm³/mol. The molecule has 6 nitrogen and oxygen atoms in total. The van der Waals surface area contributed by atoms with E-state index in [9.17, 15) is 9.59 Å². The zero-order valence-corrected chi connectivity index (χ0v) is 12.1. The monoisotopic (exact) mass is 278 g/mol. The third-order valence-corrected chi connectivity index (χ3v) is 2.59. The SMILES string of the molecule is CCN(CC(=O)NC(C)C)C(=O)Nc1cccc(N)c1. The van der Waals surface area contributed by atoms with Gasteiger partial charge in [-0.25, -0.2) is 4.79 Å². The zero-order valence-electron chi connectivity index (χ0n) is 12.1. The van der Waals surface area contributed by atoms with E-state index in [2.05, 4.69) is 10.6 Å². The highest BCUT2D eigenvalue weighted by molar-refractivity contribution is 5.92. The molecule has 0 aromatic heterocycles. The van der Waals surface area contributed by atoms with Crippen LogP contribution in [0.1, 0.15) is 20.8 Å². The number of hydrogen-bond acceptors (Lipinski definition) is 3. The van der Waals surface area contributed by atoms with Gasteiger partial charge in [-0.05, 0) is 39.0 Å². The summed E-state index contributed by atoms with van der Waals surface area (Å²) in [5, 5.41) is 5.47. The Kier molecular flexibility index (Phi) is 5.83. The Morgan fingerprint density at radius 3 is 2.60 bits per heavy atom. The van der Waals surface area contributed by atoms with Crippen molar-refractivity contribution in [1.29, 1.82) is 0 Å². The third-order valence-electron chi connectivity index (χ3n) is 2.59. The molecule has 0 radical (unpaired) electrons. The van der Waals surface area contributed by atoms with Crippen LogP contribution < -0.4 is 16.4 Å². The molecule has 3 amide bonds. The van der Waals surface area contributed by atoms with Crippen molar-refractivity contribution in [3.05, 3.63) is 24.3 Å². The molecule has 0 unspecified atom stereocenters. The lowest BCUT2D eigenvalue weighted by molar-refractivity contribution is -0.122. The fourth-order valence-electron chi connectivity index (χ4n) is 1.69. The molecular formula is C14H22N4O2. The molecule has 0 heterocycles. The second kappa shape index (κ2) is 7.37. The van der Waals surface area contributed by atoms with E-state index in [1.54, 1.807) is 24.3 Å². The molecule has 0 spiro atoms. The Morgan fingerprint density at radius 2 is 2.05 bits per heavy atom. The van der Waals surface area contributed by atoms with E-state index in [-0.39, 0.29) is 24.5 Å². The third kappa shape index (κ3) is 5.17. The van der Waals surface area contributed by atoms with Gasteiger partial charge in [0.25, 0.3) is 0 Å². The molecule has 4 N–H and O–H groups in total. The number of carbonyl (C=O) groups is 2. The summed E-state index contributed by atoms with van der Waals surface area (Å²) in [6.45, 7) is 6.05. The summed E-state index contributed by atoms with van der Waals surface area (Å²) in [6, 6.07) is 6.64. The fourth-order valence-corrected chi connectivity index (χ4v) is 1.69. The first-order chi connectivity index (χ1) is 9.42. The molecule has 0 aliphatic heterocycles. The Hall–Kier alpha value is -2.24. The minimum absolute atomic E-state index is 0.0306. The average molecular weight is 278 g/mol. The zero-order chi connectivity index (χ0) is 15.1. The first-order valence-corrected chi connectivity index (χ1v) is 6.63. The highest BCUT2D eigenvalue weighted by atomic mass is 16.2. The number of anilines is 2. The first-order valence-electron chi connectivity index (χ1n) is 6.63. The van der Waals surface area contributed by atoms with Crippen LogP contribution in [0.25, 0.3) is 0 Å². The van der Waals surface area contributed by atoms with E-state index in [0.717, 1.165) is 0 Å². The lowest BCUT2D eigenvalue weighted by Gasteiger charge is -2.21. The Balaban J connectivity index is 2.61. The maximum atomic E-state index is 12.1. The summed E-state index contributed by atoms with van der Waals surface area (Å²) in [5.74, 6) is -0.176. The van der Waals surface area contributed by atoms with Gasteiger partial charge in [0, 0.05) is 24.0 Å². The number of likely N-dealkylation sites (N-methyl/N-ethyl adjacent to an activating group) is 1. The van der Waals surface area contributed by atoms with E-state index in [0.29, 0.717) is 17.9 Å². The molecule has 6 heteroatoms. The second-order valence-corrected chi connectivity index (χ2v) is 4.79. The molecule has 0 bridgehead atoms. The van der Waals surface area contributed by atoms with Crippen LogP contribution in [0.3, 0.4) is 0 Å². The van der Waals surface area contributed by atoms with Gasteiger partial charge in [-0.3, -0.25) is 4.79 Å². The lowest BCUT2D eigenvalue weighted by Crippen LogP contribution is -2.44. The molecule has 0 atom stereocenters. The molecule has 0 aliphatic rings. The van der Waals surface area contributed by atoms with Crippen molar-refractivity contribution in [2.24, 2.45) is 0 Å². The number of nitrogen functional groups attached to an aromatic ring is 1. The number of carbonyl (C=O) groups excluding carboxylic acids is 2. The van der Waals surface area contributed by atoms with Gasteiger partial charge in [-0.2, -0.15) is 0 Å². The van der Waals surface area contributed by atoms with Crippen molar-refractivity contribution < 1.29 is 9.59 Å². The summed E-state index contributed by atoms with van der Waals surface area (Å²) in [6.07, 6.45) is 0. The summed E-state index contributed by atoms with van der Waals surface area (Å²) >= 11 is 0. The molecule has 1 rings (SSSR count). The number of amides is 3. The van der Waals surface area contributed by atoms with Crippen LogP contribution in [0.15, 0.2) is 24.3 Å². The van der Waals surface area contributed by atoms with Gasteiger partial charge in [0.1, 0.15) is 6.54 Å². The topological polar surface area (TPSA) is 87.5 Å². The second-order valence-electron chi connectivity index (χ2n) is 4.79. The number of nitrogens with two attached hydrogens (primary N) is 1. The first kappa shape index (κ1) is 15.8. The molecule has 110 valence electrons. The Morgan fingerprint density at radius 1 is 1.35 bits per heavy atom. The average Bonchev–Trinajstić information content (AvgIpc) is 2.34. The molecule has 0 fully saturated rings. The van der Waals surface area contributed by atoms with E-state index < -0.39 is 0 Å². The number of rotatable bonds is 5. The van der Waals surface area contributed by atoms with Crippen LogP contribution in [0.5, 0.6) is 0 Å². The minimum Gasteiger partial charge on any atom is -0.399 e. The van der Waals surface area contributed by atoms with E-state index in [1.807, 2.05) is 20.8 Å². The normalized spacial score (nSPS) is 10.2. The Labute approximate surface area is 119 Å². The van der Waals surface area contributed by atoms with Crippen molar-refractivity contribution >= 4 is 23.3 Å². The maximum Gasteiger partial charge on any atom is 0.322 e. The summed E-state index contributed by atoms with van der Waals surface area (Å²) in [5.41, 5.74) is 6.83. The van der Waals surface area contributed by atoms with Crippen LogP contribution in [0.4, 0.5) is 16.2 Å². The Bertz CT molecular complexity index is 474. The van der Waals surface area contributed by atoms with Gasteiger partial charge in [-0.15, -0.1) is 0 Å². The van der Waals surface area contributed by atoms with Crippen LogP contribution in [-0.4, -0.2) is 36.0 Å². The molecule has 20 heavy (non-hydrogen) atoms. The van der Waals surface area contributed by atoms with Gasteiger partial charge < -0.3 is 21.3 Å². The number of nitrogens with zero attached hydrogens (tertiary/aromatic N) is 1. The van der Waals surface area contributed by atoms with Crippen molar-refractivity contribution in [3.63, 3.8) is 0 Å². The van der Waals surface area contributed by atoms with Gasteiger partial charge in [0.05, 0.1) is 0 Å². The van der Waals surface area contributed by atoms with E-state index in [4.69, 9.17) is 5.73 Å². The minimum atomic E-state index is -0.322. The standard InChI is InChI=1S/C14H22N4O2/c1-4-18(9-13(19)16-10(2)3)14(20)17-12-7-5-6-11(15)8-12/h5-8,10H,4,9,15H2,1-3H3,(H,16,19)(H,17,20). The quantitative estimate of drug-likeness (QED) is 0.716. The highest BCUT2D eigenvalue weighted by Crippen LogP contribution is 2.12. The van der Waals surface area contributed by atoms with Crippen LogP contribution in [0, 0.1) is 0 Å². The van der Waals surface area contributed by atoms with Crippen LogP contribution in [0.2, 0.25) is 0 Å². The fraction of sp³-hybridized carbons (Fsp3) is 0.429. The largest absolute Gasteiger partial charge is 0.399 e. The molecule has 1 aromatic rings. The van der Waals surface area contributed by atoms with E-state index >= 15 is 0 Å². The molecule has 1 aromatic carbocycles. The molecular weight excluding hydrogens is 256 g/mol. The number of urea groups is 1. The molecule has 0 aliphatic carbocycles. The molecule has 0 saturated carbocycles. The van der Waals surface area contributed by atoms with Gasteiger partial charge in [-0.1, -0.05) is 6.07 Å². The predicted octanol–water partition coefficient (Wildman–Crippen LogP) is 1.65. The van der Waals surface area contributed by atoms with Gasteiger partial charge in [0.15, 0.2) is 0 Å². The highest BCUT2D eigenvalue weighted by Gasteiger charge is 2.16. The van der Waals surface area contributed by atoms with Gasteiger partial charge >= 0.3 is 6.03 Å². The number of benzene rings is 1. The van der Waals surface area contributed by atoms with Crippen molar-refractivity contribution in [1.82, 2.24) is 10.2 Å². The van der Waals surface area contributed by atoms with Crippen molar-refractivity contribution in [2.45, 2.75) is 26.8 Å². The van der Waals surface area contributed by atoms with Crippen molar-refractivity contribution in [2.75, 3.05) is 24.1 Å². The van der Waals surface area contributed by atoms with E-state index in [1.165, 1.54) is 4.90 Å². The summed E-state index contributed by atoms with van der Waals surface area (Å²) in [7, 11) is 0. The van der Waals surface area contributed by atoms with Crippen LogP contribution >= 0.6 is 0 Å². The smallest absolute Gasteiger partial charge is 0.322 e. The summed E-state index contributed by atoms with van der Waals surface area (Å²) in [4.78, 5) is 25.2. The van der Waals surface area contributed by atoms with Crippen molar-refractivity contribution in [3.8, 4) is 0 Å². The maximum absolute atomic E-state index is 12.1.